The average molecular weight is 270 g/mol. The summed E-state index contributed by atoms with van der Waals surface area (Å²) in [5.74, 6) is 0.0409. The molecule has 0 radical (unpaired) electrons. The molecule has 0 N–H and O–H groups in total. The van der Waals surface area contributed by atoms with Crippen LogP contribution in [0.5, 0.6) is 5.75 Å². The first-order chi connectivity index (χ1) is 8.99. The molecule has 19 heavy (non-hydrogen) atoms. The monoisotopic (exact) mass is 270 g/mol. The first-order valence-corrected chi connectivity index (χ1v) is 5.31. The fourth-order valence-corrected chi connectivity index (χ4v) is 1.56. The van der Waals surface area contributed by atoms with Gasteiger partial charge in [0, 0.05) is 11.1 Å². The van der Waals surface area contributed by atoms with Crippen molar-refractivity contribution in [3.63, 3.8) is 0 Å². The van der Waals surface area contributed by atoms with Crippen molar-refractivity contribution < 1.29 is 27.1 Å². The molecule has 0 saturated heterocycles. The highest BCUT2D eigenvalue weighted by Crippen LogP contribution is 2.28. The molecule has 2 rings (SSSR count). The van der Waals surface area contributed by atoms with E-state index in [1.165, 1.54) is 30.7 Å². The summed E-state index contributed by atoms with van der Waals surface area (Å²) in [7, 11) is 0. The molecule has 2 aromatic rings. The van der Waals surface area contributed by atoms with E-state index in [0.29, 0.717) is 23.0 Å². The molecule has 0 atom stereocenters. The van der Waals surface area contributed by atoms with Gasteiger partial charge < -0.3 is 9.15 Å². The van der Waals surface area contributed by atoms with Crippen LogP contribution in [0, 0.1) is 0 Å². The molecule has 1 aromatic heterocycles. The highest BCUT2D eigenvalue weighted by Gasteiger charge is 2.28. The molecule has 0 saturated carbocycles. The van der Waals surface area contributed by atoms with Crippen LogP contribution >= 0.6 is 0 Å². The molecule has 0 bridgehead atoms. The number of alkyl halides is 3. The summed E-state index contributed by atoms with van der Waals surface area (Å²) >= 11 is 0. The number of carbonyl (C=O) groups is 1. The Morgan fingerprint density at radius 2 is 2.05 bits per heavy atom. The van der Waals surface area contributed by atoms with Crippen LogP contribution in [-0.2, 0) is 0 Å². The lowest BCUT2D eigenvalue weighted by atomic mass is 10.0. The van der Waals surface area contributed by atoms with Gasteiger partial charge in [-0.05, 0) is 29.8 Å². The fourth-order valence-electron chi connectivity index (χ4n) is 1.56. The van der Waals surface area contributed by atoms with Crippen molar-refractivity contribution in [3.8, 4) is 16.9 Å². The van der Waals surface area contributed by atoms with Crippen molar-refractivity contribution in [1.29, 1.82) is 0 Å². The SMILES string of the molecule is O=Cc1ccc(OCC(F)(F)F)cc1-c1ccoc1. The van der Waals surface area contributed by atoms with E-state index in [1.54, 1.807) is 6.07 Å². The summed E-state index contributed by atoms with van der Waals surface area (Å²) in [6.45, 7) is -1.38. The van der Waals surface area contributed by atoms with Gasteiger partial charge in [0.2, 0.25) is 0 Å². The average Bonchev–Trinajstić information content (AvgIpc) is 2.89. The molecule has 0 aliphatic rings. The van der Waals surface area contributed by atoms with Crippen molar-refractivity contribution in [1.82, 2.24) is 0 Å². The predicted octanol–water partition coefficient (Wildman–Crippen LogP) is 3.70. The van der Waals surface area contributed by atoms with Crippen LogP contribution in [0.1, 0.15) is 10.4 Å². The summed E-state index contributed by atoms with van der Waals surface area (Å²) in [5, 5.41) is 0. The van der Waals surface area contributed by atoms with Crippen LogP contribution < -0.4 is 4.74 Å². The van der Waals surface area contributed by atoms with Gasteiger partial charge in [-0.1, -0.05) is 0 Å². The van der Waals surface area contributed by atoms with Gasteiger partial charge >= 0.3 is 6.18 Å². The minimum absolute atomic E-state index is 0.0409. The first-order valence-electron chi connectivity index (χ1n) is 5.31. The standard InChI is InChI=1S/C13H9F3O3/c14-13(15,16)8-19-11-2-1-9(6-17)12(5-11)10-3-4-18-7-10/h1-7H,8H2. The third-order valence-electron chi connectivity index (χ3n) is 2.39. The molecule has 6 heteroatoms. The smallest absolute Gasteiger partial charge is 0.422 e. The summed E-state index contributed by atoms with van der Waals surface area (Å²) in [6.07, 6.45) is -0.974. The quantitative estimate of drug-likeness (QED) is 0.795. The number of furan rings is 1. The number of hydrogen-bond donors (Lipinski definition) is 0. The molecule has 3 nitrogen and oxygen atoms in total. The third-order valence-corrected chi connectivity index (χ3v) is 2.39. The number of rotatable bonds is 4. The Labute approximate surface area is 106 Å². The molecule has 0 aliphatic carbocycles. The maximum absolute atomic E-state index is 12.1. The molecule has 0 spiro atoms. The second-order valence-electron chi connectivity index (χ2n) is 3.78. The zero-order valence-corrected chi connectivity index (χ0v) is 9.61. The van der Waals surface area contributed by atoms with Crippen molar-refractivity contribution in [2.75, 3.05) is 6.61 Å². The molecular weight excluding hydrogens is 261 g/mol. The molecule has 0 unspecified atom stereocenters. The van der Waals surface area contributed by atoms with E-state index in [2.05, 4.69) is 4.74 Å². The maximum atomic E-state index is 12.1. The van der Waals surface area contributed by atoms with Gasteiger partial charge in [-0.15, -0.1) is 0 Å². The summed E-state index contributed by atoms with van der Waals surface area (Å²) in [4.78, 5) is 10.9. The lowest BCUT2D eigenvalue weighted by Crippen LogP contribution is -2.19. The second-order valence-corrected chi connectivity index (χ2v) is 3.78. The first kappa shape index (κ1) is 13.2. The van der Waals surface area contributed by atoms with Gasteiger partial charge in [0.1, 0.15) is 5.75 Å². The van der Waals surface area contributed by atoms with E-state index >= 15 is 0 Å². The molecule has 0 aliphatic heterocycles. The van der Waals surface area contributed by atoms with Crippen LogP contribution in [0.2, 0.25) is 0 Å². The zero-order valence-electron chi connectivity index (χ0n) is 9.61. The summed E-state index contributed by atoms with van der Waals surface area (Å²) in [5.41, 5.74) is 1.41. The number of benzene rings is 1. The van der Waals surface area contributed by atoms with Crippen LogP contribution in [0.15, 0.2) is 41.2 Å². The number of ether oxygens (including phenoxy) is 1. The van der Waals surface area contributed by atoms with Gasteiger partial charge in [0.25, 0.3) is 0 Å². The molecular formula is C13H9F3O3. The Bertz CT molecular complexity index is 559. The van der Waals surface area contributed by atoms with Crippen LogP contribution in [-0.4, -0.2) is 19.1 Å². The summed E-state index contributed by atoms with van der Waals surface area (Å²) in [6, 6.07) is 5.70. The normalized spacial score (nSPS) is 11.3. The Kier molecular flexibility index (Phi) is 3.59. The van der Waals surface area contributed by atoms with Crippen molar-refractivity contribution in [3.05, 3.63) is 42.4 Å². The lowest BCUT2D eigenvalue weighted by Gasteiger charge is -2.11. The van der Waals surface area contributed by atoms with Crippen LogP contribution in [0.4, 0.5) is 13.2 Å². The van der Waals surface area contributed by atoms with Crippen molar-refractivity contribution in [2.45, 2.75) is 6.18 Å². The van der Waals surface area contributed by atoms with Gasteiger partial charge in [-0.2, -0.15) is 13.2 Å². The lowest BCUT2D eigenvalue weighted by molar-refractivity contribution is -0.153. The van der Waals surface area contributed by atoms with Crippen molar-refractivity contribution in [2.24, 2.45) is 0 Å². The number of halogens is 3. The van der Waals surface area contributed by atoms with Gasteiger partial charge in [0.05, 0.1) is 12.5 Å². The molecule has 1 aromatic carbocycles. The predicted molar refractivity (Wildman–Crippen MR) is 61.1 cm³/mol. The van der Waals surface area contributed by atoms with E-state index in [0.717, 1.165) is 0 Å². The highest BCUT2D eigenvalue weighted by atomic mass is 19.4. The number of hydrogen-bond acceptors (Lipinski definition) is 3. The van der Waals surface area contributed by atoms with E-state index in [4.69, 9.17) is 4.42 Å². The highest BCUT2D eigenvalue weighted by molar-refractivity contribution is 5.87. The maximum Gasteiger partial charge on any atom is 0.422 e. The Hall–Kier alpha value is -2.24. The Morgan fingerprint density at radius 1 is 1.26 bits per heavy atom. The minimum Gasteiger partial charge on any atom is -0.484 e. The molecule has 0 amide bonds. The van der Waals surface area contributed by atoms with E-state index in [1.807, 2.05) is 0 Å². The van der Waals surface area contributed by atoms with Crippen LogP contribution in [0.3, 0.4) is 0 Å². The third kappa shape index (κ3) is 3.37. The van der Waals surface area contributed by atoms with Crippen LogP contribution in [0.25, 0.3) is 11.1 Å². The van der Waals surface area contributed by atoms with Gasteiger partial charge in [0.15, 0.2) is 12.9 Å². The summed E-state index contributed by atoms with van der Waals surface area (Å²) < 4.78 is 45.7. The molecule has 100 valence electrons. The Balaban J connectivity index is 2.29. The second kappa shape index (κ2) is 5.17. The number of aldehydes is 1. The van der Waals surface area contributed by atoms with Gasteiger partial charge in [-0.25, -0.2) is 0 Å². The zero-order chi connectivity index (χ0) is 13.9. The minimum atomic E-state index is -4.40. The molecule has 0 fully saturated rings. The topological polar surface area (TPSA) is 39.4 Å². The van der Waals surface area contributed by atoms with Gasteiger partial charge in [-0.3, -0.25) is 4.79 Å². The van der Waals surface area contributed by atoms with E-state index in [-0.39, 0.29) is 5.75 Å². The largest absolute Gasteiger partial charge is 0.484 e. The molecule has 1 heterocycles. The van der Waals surface area contributed by atoms with E-state index in [9.17, 15) is 18.0 Å². The van der Waals surface area contributed by atoms with Crippen molar-refractivity contribution >= 4 is 6.29 Å². The fraction of sp³-hybridized carbons (Fsp3) is 0.154. The Morgan fingerprint density at radius 3 is 2.63 bits per heavy atom. The van der Waals surface area contributed by atoms with E-state index < -0.39 is 12.8 Å². The number of carbonyl (C=O) groups excluding carboxylic acids is 1.